The number of hydrogen-bond donors (Lipinski definition) is 1. The number of hydrogen-bond acceptors (Lipinski definition) is 4. The molecular formula is C47H84O4. The van der Waals surface area contributed by atoms with Crippen molar-refractivity contribution in [1.82, 2.24) is 0 Å². The molecule has 0 aliphatic rings. The van der Waals surface area contributed by atoms with Crippen molar-refractivity contribution in [3.63, 3.8) is 0 Å². The molecule has 1 unspecified atom stereocenters. The molecule has 0 spiro atoms. The first-order valence-corrected chi connectivity index (χ1v) is 21.9. The molecule has 0 amide bonds. The van der Waals surface area contributed by atoms with E-state index in [4.69, 9.17) is 9.47 Å². The molecule has 4 nitrogen and oxygen atoms in total. The summed E-state index contributed by atoms with van der Waals surface area (Å²) in [4.78, 5) is 12.2. The molecule has 296 valence electrons. The van der Waals surface area contributed by atoms with Crippen LogP contribution in [-0.2, 0) is 14.3 Å². The number of aliphatic hydroxyl groups excluding tert-OH is 1. The van der Waals surface area contributed by atoms with Gasteiger partial charge in [0.15, 0.2) is 0 Å². The van der Waals surface area contributed by atoms with Crippen molar-refractivity contribution < 1.29 is 19.4 Å². The first kappa shape index (κ1) is 49.1. The molecule has 0 saturated heterocycles. The van der Waals surface area contributed by atoms with Gasteiger partial charge in [0.1, 0.15) is 6.10 Å². The molecule has 0 rings (SSSR count). The number of carbonyl (C=O) groups is 1. The van der Waals surface area contributed by atoms with Gasteiger partial charge in [0.05, 0.1) is 13.2 Å². The molecule has 0 fully saturated rings. The van der Waals surface area contributed by atoms with Gasteiger partial charge in [0.2, 0.25) is 0 Å². The van der Waals surface area contributed by atoms with Crippen molar-refractivity contribution in [1.29, 1.82) is 0 Å². The van der Waals surface area contributed by atoms with Gasteiger partial charge in [0.25, 0.3) is 0 Å². The highest BCUT2D eigenvalue weighted by Gasteiger charge is 2.13. The molecule has 51 heavy (non-hydrogen) atoms. The number of rotatable bonds is 40. The lowest BCUT2D eigenvalue weighted by Gasteiger charge is -2.16. The van der Waals surface area contributed by atoms with Crippen LogP contribution in [0.2, 0.25) is 0 Å². The van der Waals surface area contributed by atoms with Crippen molar-refractivity contribution in [3.8, 4) is 0 Å². The molecular weight excluding hydrogens is 629 g/mol. The van der Waals surface area contributed by atoms with Crippen LogP contribution < -0.4 is 0 Å². The SMILES string of the molecule is CC/C=C\C/C=C\C/C=C\C/C=C\C/C=C\CCCCCCCCCCCC(=O)OC(CO)COCCCCCCCCCCCCCCCC. The third kappa shape index (κ3) is 42.4. The standard InChI is InChI=1S/C47H84O4/c1-3-5-7-9-11-13-15-17-19-20-21-22-23-24-25-26-27-28-29-30-32-34-36-38-40-42-47(49)51-46(44-48)45-50-43-41-39-37-35-33-31-18-16-14-12-10-8-6-4-2/h5,7,11,13,17,19,21-22,24-25,46,48H,3-4,6,8-10,12,14-16,18,20,23,26-45H2,1-2H3/b7-5-,13-11-,19-17-,22-21-,25-24-. The smallest absolute Gasteiger partial charge is 0.306 e. The van der Waals surface area contributed by atoms with Gasteiger partial charge in [-0.05, 0) is 57.8 Å². The minimum atomic E-state index is -0.537. The quantitative estimate of drug-likeness (QED) is 0.0390. The van der Waals surface area contributed by atoms with Crippen molar-refractivity contribution in [2.75, 3.05) is 19.8 Å². The second-order valence-electron chi connectivity index (χ2n) is 14.4. The van der Waals surface area contributed by atoms with Crippen LogP contribution in [-0.4, -0.2) is 37.0 Å². The zero-order valence-corrected chi connectivity index (χ0v) is 33.9. The van der Waals surface area contributed by atoms with Crippen LogP contribution in [0.15, 0.2) is 60.8 Å². The van der Waals surface area contributed by atoms with Crippen LogP contribution >= 0.6 is 0 Å². The average molecular weight is 713 g/mol. The van der Waals surface area contributed by atoms with Gasteiger partial charge in [-0.25, -0.2) is 0 Å². The third-order valence-electron chi connectivity index (χ3n) is 9.36. The predicted octanol–water partition coefficient (Wildman–Crippen LogP) is 14.4. The molecule has 0 radical (unpaired) electrons. The zero-order valence-electron chi connectivity index (χ0n) is 33.9. The lowest BCUT2D eigenvalue weighted by molar-refractivity contribution is -0.154. The van der Waals surface area contributed by atoms with E-state index in [1.54, 1.807) is 0 Å². The van der Waals surface area contributed by atoms with Crippen molar-refractivity contribution in [3.05, 3.63) is 60.8 Å². The summed E-state index contributed by atoms with van der Waals surface area (Å²) in [7, 11) is 0. The fourth-order valence-electron chi connectivity index (χ4n) is 6.12. The molecule has 0 bridgehead atoms. The summed E-state index contributed by atoms with van der Waals surface area (Å²) in [5.41, 5.74) is 0. The Balaban J connectivity index is 3.46. The Kier molecular flexibility index (Phi) is 42.6. The number of allylic oxidation sites excluding steroid dienone is 10. The van der Waals surface area contributed by atoms with Gasteiger partial charge >= 0.3 is 5.97 Å². The van der Waals surface area contributed by atoms with Crippen LogP contribution in [0, 0.1) is 0 Å². The highest BCUT2D eigenvalue weighted by atomic mass is 16.6. The Morgan fingerprint density at radius 1 is 0.490 bits per heavy atom. The van der Waals surface area contributed by atoms with Crippen molar-refractivity contribution >= 4 is 5.97 Å². The summed E-state index contributed by atoms with van der Waals surface area (Å²) in [6.45, 7) is 5.24. The van der Waals surface area contributed by atoms with Crippen LogP contribution in [0.3, 0.4) is 0 Å². The minimum absolute atomic E-state index is 0.174. The van der Waals surface area contributed by atoms with Crippen LogP contribution in [0.25, 0.3) is 0 Å². The summed E-state index contributed by atoms with van der Waals surface area (Å²) in [5, 5.41) is 9.60. The van der Waals surface area contributed by atoms with E-state index in [0.717, 1.165) is 51.4 Å². The topological polar surface area (TPSA) is 55.8 Å². The van der Waals surface area contributed by atoms with E-state index in [1.165, 1.54) is 135 Å². The Labute approximate surface area is 317 Å². The summed E-state index contributed by atoms with van der Waals surface area (Å²) < 4.78 is 11.2. The highest BCUT2D eigenvalue weighted by Crippen LogP contribution is 2.14. The molecule has 0 aliphatic carbocycles. The van der Waals surface area contributed by atoms with Gasteiger partial charge in [-0.1, -0.05) is 203 Å². The molecule has 4 heteroatoms. The molecule has 0 saturated carbocycles. The monoisotopic (exact) mass is 713 g/mol. The summed E-state index contributed by atoms with van der Waals surface area (Å²) >= 11 is 0. The summed E-state index contributed by atoms with van der Waals surface area (Å²) in [6.07, 6.45) is 58.5. The second-order valence-corrected chi connectivity index (χ2v) is 14.4. The van der Waals surface area contributed by atoms with Crippen LogP contribution in [0.4, 0.5) is 0 Å². The predicted molar refractivity (Wildman–Crippen MR) is 223 cm³/mol. The fraction of sp³-hybridized carbons (Fsp3) is 0.766. The van der Waals surface area contributed by atoms with Crippen molar-refractivity contribution in [2.24, 2.45) is 0 Å². The molecule has 1 N–H and O–H groups in total. The molecule has 0 aromatic heterocycles. The Hall–Kier alpha value is -1.91. The maximum atomic E-state index is 12.2. The fourth-order valence-corrected chi connectivity index (χ4v) is 6.12. The van der Waals surface area contributed by atoms with Crippen molar-refractivity contribution in [2.45, 2.75) is 213 Å². The zero-order chi connectivity index (χ0) is 37.0. The maximum absolute atomic E-state index is 12.2. The number of unbranched alkanes of at least 4 members (excludes halogenated alkanes) is 22. The van der Waals surface area contributed by atoms with Gasteiger partial charge in [-0.3, -0.25) is 4.79 Å². The van der Waals surface area contributed by atoms with Gasteiger partial charge in [0, 0.05) is 13.0 Å². The minimum Gasteiger partial charge on any atom is -0.457 e. The number of ether oxygens (including phenoxy) is 2. The summed E-state index contributed by atoms with van der Waals surface area (Å²) in [6, 6.07) is 0. The Morgan fingerprint density at radius 2 is 0.882 bits per heavy atom. The van der Waals surface area contributed by atoms with E-state index < -0.39 is 6.10 Å². The van der Waals surface area contributed by atoms with Gasteiger partial charge < -0.3 is 14.6 Å². The van der Waals surface area contributed by atoms with E-state index in [-0.39, 0.29) is 12.6 Å². The number of carbonyl (C=O) groups excluding carboxylic acids is 1. The largest absolute Gasteiger partial charge is 0.457 e. The first-order chi connectivity index (χ1) is 25.2. The van der Waals surface area contributed by atoms with E-state index in [9.17, 15) is 9.90 Å². The lowest BCUT2D eigenvalue weighted by Crippen LogP contribution is -2.27. The average Bonchev–Trinajstić information content (AvgIpc) is 3.14. The van der Waals surface area contributed by atoms with Gasteiger partial charge in [-0.2, -0.15) is 0 Å². The van der Waals surface area contributed by atoms with E-state index in [0.29, 0.717) is 19.6 Å². The van der Waals surface area contributed by atoms with E-state index in [2.05, 4.69) is 74.6 Å². The first-order valence-electron chi connectivity index (χ1n) is 21.9. The van der Waals surface area contributed by atoms with E-state index >= 15 is 0 Å². The lowest BCUT2D eigenvalue weighted by atomic mass is 10.0. The van der Waals surface area contributed by atoms with Gasteiger partial charge in [-0.15, -0.1) is 0 Å². The molecule has 1 atom stereocenters. The van der Waals surface area contributed by atoms with Crippen LogP contribution in [0.5, 0.6) is 0 Å². The molecule has 0 aromatic rings. The molecule has 0 heterocycles. The second kappa shape index (κ2) is 44.3. The number of esters is 1. The van der Waals surface area contributed by atoms with E-state index in [1.807, 2.05) is 0 Å². The highest BCUT2D eigenvalue weighted by molar-refractivity contribution is 5.69. The Morgan fingerprint density at radius 3 is 1.33 bits per heavy atom. The molecule has 0 aliphatic heterocycles. The normalized spacial score (nSPS) is 12.9. The maximum Gasteiger partial charge on any atom is 0.306 e. The van der Waals surface area contributed by atoms with Crippen LogP contribution in [0.1, 0.15) is 206 Å². The third-order valence-corrected chi connectivity index (χ3v) is 9.36. The number of aliphatic hydroxyl groups is 1. The molecule has 0 aromatic carbocycles. The Bertz CT molecular complexity index is 839. The summed E-state index contributed by atoms with van der Waals surface area (Å²) in [5.74, 6) is -0.207.